The highest BCUT2D eigenvalue weighted by atomic mass is 16.2. The molecule has 0 saturated carbocycles. The zero-order valence-electron chi connectivity index (χ0n) is 23.2. The largest absolute Gasteiger partial charge is 0.398 e. The molecule has 2 aliphatic rings. The molecule has 1 saturated heterocycles. The summed E-state index contributed by atoms with van der Waals surface area (Å²) < 4.78 is 0. The van der Waals surface area contributed by atoms with E-state index in [1.165, 1.54) is 28.5 Å². The van der Waals surface area contributed by atoms with Gasteiger partial charge in [-0.3, -0.25) is 9.59 Å². The first kappa shape index (κ1) is 27.4. The van der Waals surface area contributed by atoms with Crippen LogP contribution < -0.4 is 5.73 Å². The second-order valence-corrected chi connectivity index (χ2v) is 10.5. The number of anilines is 1. The van der Waals surface area contributed by atoms with Gasteiger partial charge in [-0.1, -0.05) is 30.7 Å². The molecule has 1 fully saturated rings. The summed E-state index contributed by atoms with van der Waals surface area (Å²) >= 11 is 0. The molecule has 3 N–H and O–H groups in total. The number of carbonyl (C=O) groups is 2. The Morgan fingerprint density at radius 3 is 2.13 bits per heavy atom. The average molecular weight is 513 g/mol. The smallest absolute Gasteiger partial charge is 0.253 e. The van der Waals surface area contributed by atoms with Crippen molar-refractivity contribution in [3.63, 3.8) is 0 Å². The summed E-state index contributed by atoms with van der Waals surface area (Å²) in [5.74, 6) is 0.0747. The van der Waals surface area contributed by atoms with Crippen LogP contribution >= 0.6 is 0 Å². The number of benzene rings is 2. The molecule has 0 aromatic heterocycles. The minimum absolute atomic E-state index is 0.0149. The monoisotopic (exact) mass is 512 g/mol. The fourth-order valence-corrected chi connectivity index (χ4v) is 5.80. The van der Waals surface area contributed by atoms with Gasteiger partial charge in [0.2, 0.25) is 5.91 Å². The third-order valence-electron chi connectivity index (χ3n) is 8.09. The molecule has 4 rings (SSSR count). The van der Waals surface area contributed by atoms with Crippen LogP contribution in [0.1, 0.15) is 85.5 Å². The van der Waals surface area contributed by atoms with Crippen molar-refractivity contribution in [2.45, 2.75) is 59.8 Å². The Morgan fingerprint density at radius 2 is 1.53 bits per heavy atom. The molecule has 0 spiro atoms. The van der Waals surface area contributed by atoms with Crippen LogP contribution in [0.5, 0.6) is 0 Å². The molecule has 0 radical (unpaired) electrons. The van der Waals surface area contributed by atoms with E-state index in [1.807, 2.05) is 23.1 Å². The molecule has 0 unspecified atom stereocenters. The van der Waals surface area contributed by atoms with Gasteiger partial charge in [0.05, 0.1) is 0 Å². The number of aryl methyl sites for hydroxylation is 1. The van der Waals surface area contributed by atoms with Crippen molar-refractivity contribution < 1.29 is 9.59 Å². The third-order valence-corrected chi connectivity index (χ3v) is 8.09. The summed E-state index contributed by atoms with van der Waals surface area (Å²) in [4.78, 5) is 28.5. The lowest BCUT2D eigenvalue weighted by Gasteiger charge is -2.34. The van der Waals surface area contributed by atoms with Gasteiger partial charge in [0.25, 0.3) is 5.91 Å². The summed E-state index contributed by atoms with van der Waals surface area (Å²) in [5, 5.41) is 8.08. The number of hydrogen-bond acceptors (Lipinski definition) is 4. The van der Waals surface area contributed by atoms with E-state index in [2.05, 4.69) is 39.0 Å². The lowest BCUT2D eigenvalue weighted by Crippen LogP contribution is -2.50. The van der Waals surface area contributed by atoms with Gasteiger partial charge >= 0.3 is 0 Å². The van der Waals surface area contributed by atoms with E-state index in [0.717, 1.165) is 54.4 Å². The summed E-state index contributed by atoms with van der Waals surface area (Å²) in [6, 6.07) is 12.0. The van der Waals surface area contributed by atoms with E-state index in [9.17, 15) is 9.59 Å². The molecule has 0 atom stereocenters. The molecule has 0 bridgehead atoms. The Morgan fingerprint density at radius 1 is 0.921 bits per heavy atom. The van der Waals surface area contributed by atoms with Crippen molar-refractivity contribution in [1.29, 1.82) is 5.41 Å². The maximum atomic E-state index is 13.2. The second kappa shape index (κ2) is 11.8. The number of nitrogens with zero attached hydrogens (tertiary/aromatic N) is 2. The summed E-state index contributed by atoms with van der Waals surface area (Å²) in [6.07, 6.45) is 6.51. The Labute approximate surface area is 226 Å². The normalized spacial score (nSPS) is 16.8. The first-order valence-corrected chi connectivity index (χ1v) is 13.7. The van der Waals surface area contributed by atoms with Gasteiger partial charge in [-0.05, 0) is 97.6 Å². The first-order valence-electron chi connectivity index (χ1n) is 13.7. The van der Waals surface area contributed by atoms with Crippen molar-refractivity contribution in [3.8, 4) is 0 Å². The van der Waals surface area contributed by atoms with Crippen LogP contribution in [0.2, 0.25) is 0 Å². The number of nitrogens with one attached hydrogen (secondary N) is 1. The van der Waals surface area contributed by atoms with E-state index in [4.69, 9.17) is 11.1 Å². The van der Waals surface area contributed by atoms with Crippen LogP contribution in [0.3, 0.4) is 0 Å². The number of piperazine rings is 1. The quantitative estimate of drug-likeness (QED) is 0.362. The van der Waals surface area contributed by atoms with Crippen LogP contribution in [0.15, 0.2) is 47.5 Å². The number of hydrogen-bond donors (Lipinski definition) is 2. The topological polar surface area (TPSA) is 90.5 Å². The number of rotatable bonds is 6. The molecule has 2 aromatic rings. The summed E-state index contributed by atoms with van der Waals surface area (Å²) in [5.41, 5.74) is 17.0. The molecule has 38 heavy (non-hydrogen) atoms. The Balaban J connectivity index is 1.72. The van der Waals surface area contributed by atoms with Crippen molar-refractivity contribution in [2.75, 3.05) is 31.9 Å². The molecule has 1 aliphatic heterocycles. The molecule has 200 valence electrons. The summed E-state index contributed by atoms with van der Waals surface area (Å²) in [7, 11) is 0. The molecule has 6 nitrogen and oxygen atoms in total. The van der Waals surface area contributed by atoms with Crippen molar-refractivity contribution in [1.82, 2.24) is 9.80 Å². The Kier molecular flexibility index (Phi) is 8.50. The van der Waals surface area contributed by atoms with Crippen LogP contribution in [-0.2, 0) is 4.79 Å². The van der Waals surface area contributed by atoms with Gasteiger partial charge in [0.1, 0.15) is 0 Å². The highest BCUT2D eigenvalue weighted by Crippen LogP contribution is 2.43. The van der Waals surface area contributed by atoms with Crippen LogP contribution in [0, 0.1) is 12.3 Å². The van der Waals surface area contributed by atoms with Crippen molar-refractivity contribution in [2.24, 2.45) is 0 Å². The standard InChI is InChI=1S/C32H40N4O2/c1-5-21(2)30(26-8-6-7-9-27(26)31-22(3)10-15-29(34)28(31)20-33)24-11-13-25(14-12-24)32(38)36-18-16-35(17-19-36)23(4)37/h10-15,20,33H,5-9,16-19,34H2,1-4H3/b30-21+,33-20?. The molecular weight excluding hydrogens is 472 g/mol. The van der Waals surface area contributed by atoms with Gasteiger partial charge < -0.3 is 20.9 Å². The van der Waals surface area contributed by atoms with E-state index < -0.39 is 0 Å². The van der Waals surface area contributed by atoms with Gasteiger partial charge in [-0.25, -0.2) is 0 Å². The fraction of sp³-hybridized carbons (Fsp3) is 0.406. The lowest BCUT2D eigenvalue weighted by molar-refractivity contribution is -0.130. The predicted molar refractivity (Wildman–Crippen MR) is 156 cm³/mol. The van der Waals surface area contributed by atoms with Crippen LogP contribution in [0.4, 0.5) is 5.69 Å². The van der Waals surface area contributed by atoms with E-state index in [-0.39, 0.29) is 11.8 Å². The summed E-state index contributed by atoms with van der Waals surface area (Å²) in [6.45, 7) is 10.4. The number of nitrogens with two attached hydrogens (primary N) is 1. The van der Waals surface area contributed by atoms with E-state index in [1.54, 1.807) is 11.8 Å². The highest BCUT2D eigenvalue weighted by molar-refractivity contribution is 5.99. The fourth-order valence-electron chi connectivity index (χ4n) is 5.80. The number of amides is 2. The maximum Gasteiger partial charge on any atom is 0.253 e. The van der Waals surface area contributed by atoms with Crippen molar-refractivity contribution in [3.05, 3.63) is 75.4 Å². The van der Waals surface area contributed by atoms with Gasteiger partial charge in [0.15, 0.2) is 0 Å². The van der Waals surface area contributed by atoms with Crippen LogP contribution in [0.25, 0.3) is 11.1 Å². The third kappa shape index (κ3) is 5.45. The molecule has 2 aromatic carbocycles. The maximum absolute atomic E-state index is 13.2. The zero-order valence-corrected chi connectivity index (χ0v) is 23.2. The second-order valence-electron chi connectivity index (χ2n) is 10.5. The van der Waals surface area contributed by atoms with Gasteiger partial charge in [0, 0.05) is 56.1 Å². The minimum atomic E-state index is 0.0149. The zero-order chi connectivity index (χ0) is 27.4. The van der Waals surface area contributed by atoms with Gasteiger partial charge in [-0.2, -0.15) is 0 Å². The number of nitrogen functional groups attached to an aromatic ring is 1. The molecule has 1 aliphatic carbocycles. The molecular formula is C32H40N4O2. The Bertz CT molecular complexity index is 1300. The van der Waals surface area contributed by atoms with Gasteiger partial charge in [-0.15, -0.1) is 0 Å². The minimum Gasteiger partial charge on any atom is -0.398 e. The van der Waals surface area contributed by atoms with Crippen LogP contribution in [-0.4, -0.2) is 54.0 Å². The highest BCUT2D eigenvalue weighted by Gasteiger charge is 2.25. The SMILES string of the molecule is CC/C(C)=C(/C1=C(c2c(C)ccc(N)c2C=N)CCCC1)c1ccc(C(=O)N2CCN(C(C)=O)CC2)cc1. The first-order chi connectivity index (χ1) is 18.3. The molecule has 1 heterocycles. The average Bonchev–Trinajstić information content (AvgIpc) is 2.94. The number of allylic oxidation sites excluding steroid dienone is 4. The van der Waals surface area contributed by atoms with Crippen molar-refractivity contribution >= 4 is 34.9 Å². The van der Waals surface area contributed by atoms with E-state index >= 15 is 0 Å². The molecule has 6 heteroatoms. The molecule has 2 amide bonds. The lowest BCUT2D eigenvalue weighted by atomic mass is 9.77. The predicted octanol–water partition coefficient (Wildman–Crippen LogP) is 6.09. The number of carbonyl (C=O) groups excluding carboxylic acids is 2. The Hall–Kier alpha value is -3.67. The van der Waals surface area contributed by atoms with E-state index in [0.29, 0.717) is 37.4 Å².